The van der Waals surface area contributed by atoms with E-state index in [-0.39, 0.29) is 0 Å². The van der Waals surface area contributed by atoms with E-state index in [1.807, 2.05) is 6.08 Å². The Kier molecular flexibility index (Phi) is 7.11. The average molecular weight is 171 g/mol. The van der Waals surface area contributed by atoms with Crippen molar-refractivity contribution < 1.29 is 5.11 Å². The maximum Gasteiger partial charge on any atom is 0.0431 e. The third-order valence-corrected chi connectivity index (χ3v) is 2.21. The summed E-state index contributed by atoms with van der Waals surface area (Å²) < 4.78 is 0. The molecule has 0 aliphatic carbocycles. The molecule has 0 amide bonds. The number of aliphatic hydroxyl groups excluding tert-OH is 1. The predicted octanol–water partition coefficient (Wildman–Crippen LogP) is 1.66. The van der Waals surface area contributed by atoms with Crippen molar-refractivity contribution in [2.24, 2.45) is 0 Å². The third kappa shape index (κ3) is 5.33. The zero-order chi connectivity index (χ0) is 9.40. The van der Waals surface area contributed by atoms with Crippen LogP contribution in [0.2, 0.25) is 0 Å². The summed E-state index contributed by atoms with van der Waals surface area (Å²) in [4.78, 5) is 2.27. The summed E-state index contributed by atoms with van der Waals surface area (Å²) in [7, 11) is 2.10. The van der Waals surface area contributed by atoms with E-state index in [9.17, 15) is 0 Å². The molecule has 0 rings (SSSR count). The van der Waals surface area contributed by atoms with Crippen molar-refractivity contribution in [1.82, 2.24) is 4.90 Å². The molecule has 0 aromatic carbocycles. The summed E-state index contributed by atoms with van der Waals surface area (Å²) in [5, 5.41) is 8.56. The van der Waals surface area contributed by atoms with Crippen LogP contribution in [0.5, 0.6) is 0 Å². The summed E-state index contributed by atoms with van der Waals surface area (Å²) in [6.45, 7) is 7.29. The average Bonchev–Trinajstić information content (AvgIpc) is 2.10. The van der Waals surface area contributed by atoms with E-state index in [4.69, 9.17) is 5.11 Å². The molecule has 1 N–H and O–H groups in total. The Morgan fingerprint density at radius 3 is 2.58 bits per heavy atom. The van der Waals surface area contributed by atoms with Crippen LogP contribution in [0, 0.1) is 0 Å². The Balaban J connectivity index is 3.30. The van der Waals surface area contributed by atoms with Crippen molar-refractivity contribution in [3.05, 3.63) is 12.7 Å². The molecule has 0 aromatic rings. The first-order valence-electron chi connectivity index (χ1n) is 4.66. The highest BCUT2D eigenvalue weighted by Crippen LogP contribution is 2.01. The molecule has 0 saturated heterocycles. The SMILES string of the molecule is C=CC(C)N(C)CCCCCO. The first kappa shape index (κ1) is 11.7. The second-order valence-electron chi connectivity index (χ2n) is 3.24. The minimum atomic E-state index is 0.320. The Labute approximate surface area is 75.9 Å². The first-order chi connectivity index (χ1) is 5.72. The fourth-order valence-electron chi connectivity index (χ4n) is 1.03. The van der Waals surface area contributed by atoms with E-state index in [2.05, 4.69) is 25.5 Å². The molecular weight excluding hydrogens is 150 g/mol. The molecule has 0 fully saturated rings. The molecule has 1 unspecified atom stereocenters. The molecular formula is C10H21NO. The Morgan fingerprint density at radius 2 is 2.08 bits per heavy atom. The molecule has 72 valence electrons. The fourth-order valence-corrected chi connectivity index (χ4v) is 1.03. The summed E-state index contributed by atoms with van der Waals surface area (Å²) in [6, 6.07) is 0.458. The number of aliphatic hydroxyl groups is 1. The van der Waals surface area contributed by atoms with Crippen molar-refractivity contribution in [2.75, 3.05) is 20.2 Å². The minimum absolute atomic E-state index is 0.320. The fraction of sp³-hybridized carbons (Fsp3) is 0.800. The van der Waals surface area contributed by atoms with Gasteiger partial charge in [-0.1, -0.05) is 6.08 Å². The topological polar surface area (TPSA) is 23.5 Å². The number of rotatable bonds is 7. The van der Waals surface area contributed by atoms with Gasteiger partial charge >= 0.3 is 0 Å². The highest BCUT2D eigenvalue weighted by Gasteiger charge is 2.02. The quantitative estimate of drug-likeness (QED) is 0.465. The molecule has 2 heteroatoms. The van der Waals surface area contributed by atoms with E-state index < -0.39 is 0 Å². The normalized spacial score (nSPS) is 13.3. The second kappa shape index (κ2) is 7.32. The van der Waals surface area contributed by atoms with Gasteiger partial charge in [-0.15, -0.1) is 6.58 Å². The van der Waals surface area contributed by atoms with Gasteiger partial charge in [-0.05, 0) is 39.8 Å². The lowest BCUT2D eigenvalue weighted by Gasteiger charge is -2.21. The van der Waals surface area contributed by atoms with Gasteiger partial charge in [-0.3, -0.25) is 0 Å². The lowest BCUT2D eigenvalue weighted by Crippen LogP contribution is -2.28. The van der Waals surface area contributed by atoms with E-state index in [1.165, 1.54) is 0 Å². The van der Waals surface area contributed by atoms with Crippen LogP contribution >= 0.6 is 0 Å². The molecule has 0 heterocycles. The zero-order valence-electron chi connectivity index (χ0n) is 8.29. The van der Waals surface area contributed by atoms with Crippen LogP contribution in [-0.2, 0) is 0 Å². The minimum Gasteiger partial charge on any atom is -0.396 e. The summed E-state index contributed by atoms with van der Waals surface area (Å²) in [5.74, 6) is 0. The van der Waals surface area contributed by atoms with E-state index in [0.717, 1.165) is 25.8 Å². The summed E-state index contributed by atoms with van der Waals surface area (Å²) >= 11 is 0. The van der Waals surface area contributed by atoms with Crippen LogP contribution in [0.25, 0.3) is 0 Å². The van der Waals surface area contributed by atoms with Crippen molar-refractivity contribution in [2.45, 2.75) is 32.2 Å². The molecule has 2 nitrogen and oxygen atoms in total. The van der Waals surface area contributed by atoms with Gasteiger partial charge in [0.05, 0.1) is 0 Å². The van der Waals surface area contributed by atoms with Gasteiger partial charge in [0.25, 0.3) is 0 Å². The number of likely N-dealkylation sites (N-methyl/N-ethyl adjacent to an activating group) is 1. The number of nitrogens with zero attached hydrogens (tertiary/aromatic N) is 1. The Bertz CT molecular complexity index is 114. The van der Waals surface area contributed by atoms with Gasteiger partial charge in [0.2, 0.25) is 0 Å². The number of unbranched alkanes of at least 4 members (excludes halogenated alkanes) is 2. The zero-order valence-corrected chi connectivity index (χ0v) is 8.29. The number of hydrogen-bond donors (Lipinski definition) is 1. The molecule has 12 heavy (non-hydrogen) atoms. The van der Waals surface area contributed by atoms with Crippen LogP contribution in [0.4, 0.5) is 0 Å². The van der Waals surface area contributed by atoms with Crippen LogP contribution in [-0.4, -0.2) is 36.2 Å². The lowest BCUT2D eigenvalue weighted by molar-refractivity contribution is 0.263. The lowest BCUT2D eigenvalue weighted by atomic mass is 10.2. The van der Waals surface area contributed by atoms with Crippen LogP contribution in [0.15, 0.2) is 12.7 Å². The monoisotopic (exact) mass is 171 g/mol. The molecule has 0 saturated carbocycles. The van der Waals surface area contributed by atoms with E-state index >= 15 is 0 Å². The maximum absolute atomic E-state index is 8.56. The highest BCUT2D eigenvalue weighted by molar-refractivity contribution is 4.82. The van der Waals surface area contributed by atoms with Gasteiger partial charge in [0, 0.05) is 12.6 Å². The van der Waals surface area contributed by atoms with Gasteiger partial charge < -0.3 is 10.0 Å². The molecule has 0 radical (unpaired) electrons. The van der Waals surface area contributed by atoms with Crippen molar-refractivity contribution >= 4 is 0 Å². The van der Waals surface area contributed by atoms with Gasteiger partial charge in [0.1, 0.15) is 0 Å². The van der Waals surface area contributed by atoms with Crippen LogP contribution in [0.1, 0.15) is 26.2 Å². The van der Waals surface area contributed by atoms with Crippen molar-refractivity contribution in [3.8, 4) is 0 Å². The molecule has 0 aromatic heterocycles. The van der Waals surface area contributed by atoms with Crippen molar-refractivity contribution in [3.63, 3.8) is 0 Å². The van der Waals surface area contributed by atoms with Crippen LogP contribution in [0.3, 0.4) is 0 Å². The Morgan fingerprint density at radius 1 is 1.42 bits per heavy atom. The molecule has 0 spiro atoms. The molecule has 0 bridgehead atoms. The largest absolute Gasteiger partial charge is 0.396 e. The third-order valence-electron chi connectivity index (χ3n) is 2.21. The van der Waals surface area contributed by atoms with Gasteiger partial charge in [0.15, 0.2) is 0 Å². The number of hydrogen-bond acceptors (Lipinski definition) is 2. The van der Waals surface area contributed by atoms with Gasteiger partial charge in [-0.2, -0.15) is 0 Å². The molecule has 1 atom stereocenters. The highest BCUT2D eigenvalue weighted by atomic mass is 16.2. The second-order valence-corrected chi connectivity index (χ2v) is 3.24. The van der Waals surface area contributed by atoms with Crippen molar-refractivity contribution in [1.29, 1.82) is 0 Å². The summed E-state index contributed by atoms with van der Waals surface area (Å²) in [5.41, 5.74) is 0. The van der Waals surface area contributed by atoms with E-state index in [1.54, 1.807) is 0 Å². The smallest absolute Gasteiger partial charge is 0.0431 e. The summed E-state index contributed by atoms with van der Waals surface area (Å²) in [6.07, 6.45) is 5.16. The molecule has 0 aliphatic rings. The molecule has 0 aliphatic heterocycles. The maximum atomic E-state index is 8.56. The predicted molar refractivity (Wildman–Crippen MR) is 53.2 cm³/mol. The first-order valence-corrected chi connectivity index (χ1v) is 4.66. The Hall–Kier alpha value is -0.340. The van der Waals surface area contributed by atoms with Crippen LogP contribution < -0.4 is 0 Å². The van der Waals surface area contributed by atoms with E-state index in [0.29, 0.717) is 12.6 Å². The standard InChI is InChI=1S/C10H21NO/c1-4-10(2)11(3)8-6-5-7-9-12/h4,10,12H,1,5-9H2,2-3H3. The van der Waals surface area contributed by atoms with Gasteiger partial charge in [-0.25, -0.2) is 0 Å².